The number of hydrogen-bond donors (Lipinski definition) is 0. The molecule has 0 amide bonds. The van der Waals surface area contributed by atoms with Crippen LogP contribution in [0.1, 0.15) is 39.5 Å². The zero-order valence-electron chi connectivity index (χ0n) is 7.72. The van der Waals surface area contributed by atoms with Crippen molar-refractivity contribution in [3.63, 3.8) is 0 Å². The van der Waals surface area contributed by atoms with Crippen LogP contribution in [0, 0.1) is 5.41 Å². The summed E-state index contributed by atoms with van der Waals surface area (Å²) in [5, 5.41) is 0. The lowest BCUT2D eigenvalue weighted by Gasteiger charge is -2.45. The molecule has 2 nitrogen and oxygen atoms in total. The first-order chi connectivity index (χ1) is 5.26. The van der Waals surface area contributed by atoms with E-state index >= 15 is 0 Å². The molecule has 1 fully saturated rings. The van der Waals surface area contributed by atoms with Crippen molar-refractivity contribution in [1.82, 2.24) is 0 Å². The lowest BCUT2D eigenvalue weighted by Crippen LogP contribution is -2.41. The Balaban J connectivity index is 2.24. The van der Waals surface area contributed by atoms with E-state index in [1.807, 2.05) is 0 Å². The third-order valence-electron chi connectivity index (χ3n) is 3.05. The summed E-state index contributed by atoms with van der Waals surface area (Å²) in [6, 6.07) is 0. The van der Waals surface area contributed by atoms with Crippen LogP contribution in [0.4, 0.5) is 0 Å². The van der Waals surface area contributed by atoms with Gasteiger partial charge in [0.05, 0.1) is 13.2 Å². The maximum absolute atomic E-state index is 5.04. The summed E-state index contributed by atoms with van der Waals surface area (Å²) in [6.07, 6.45) is 5.25. The van der Waals surface area contributed by atoms with Crippen LogP contribution in [0.15, 0.2) is 0 Å². The summed E-state index contributed by atoms with van der Waals surface area (Å²) >= 11 is 0. The summed E-state index contributed by atoms with van der Waals surface area (Å²) in [7, 11) is 1.58. The maximum Gasteiger partial charge on any atom is 0.0940 e. The standard InChI is InChI=1S/C9H18O2/c1-4-9(5-2)6-8(7-9)11-10-3/h8H,4-7H2,1-3H3. The summed E-state index contributed by atoms with van der Waals surface area (Å²) in [5.41, 5.74) is 0.573. The van der Waals surface area contributed by atoms with E-state index in [0.29, 0.717) is 11.5 Å². The maximum atomic E-state index is 5.04. The summed E-state index contributed by atoms with van der Waals surface area (Å²) in [5.74, 6) is 0. The highest BCUT2D eigenvalue weighted by atomic mass is 17.2. The van der Waals surface area contributed by atoms with Crippen LogP contribution in [-0.2, 0) is 9.78 Å². The van der Waals surface area contributed by atoms with Crippen molar-refractivity contribution in [2.45, 2.75) is 45.6 Å². The molecule has 2 heteroatoms. The molecule has 11 heavy (non-hydrogen) atoms. The Hall–Kier alpha value is -0.0800. The fourth-order valence-electron chi connectivity index (χ4n) is 1.94. The van der Waals surface area contributed by atoms with Gasteiger partial charge in [0.2, 0.25) is 0 Å². The Morgan fingerprint density at radius 3 is 2.18 bits per heavy atom. The lowest BCUT2D eigenvalue weighted by molar-refractivity contribution is -0.334. The highest BCUT2D eigenvalue weighted by Crippen LogP contribution is 2.47. The molecule has 0 heterocycles. The van der Waals surface area contributed by atoms with Gasteiger partial charge in [-0.15, -0.1) is 0 Å². The molecule has 0 N–H and O–H groups in total. The smallest absolute Gasteiger partial charge is 0.0940 e. The monoisotopic (exact) mass is 158 g/mol. The quantitative estimate of drug-likeness (QED) is 0.462. The second kappa shape index (κ2) is 3.55. The lowest BCUT2D eigenvalue weighted by atomic mass is 9.63. The van der Waals surface area contributed by atoms with E-state index in [2.05, 4.69) is 18.7 Å². The van der Waals surface area contributed by atoms with Crippen LogP contribution >= 0.6 is 0 Å². The van der Waals surface area contributed by atoms with E-state index in [9.17, 15) is 0 Å². The summed E-state index contributed by atoms with van der Waals surface area (Å²) in [6.45, 7) is 4.51. The van der Waals surface area contributed by atoms with Crippen LogP contribution in [0.3, 0.4) is 0 Å². The predicted molar refractivity (Wildman–Crippen MR) is 44.1 cm³/mol. The molecule has 0 saturated heterocycles. The van der Waals surface area contributed by atoms with Crippen molar-refractivity contribution >= 4 is 0 Å². The summed E-state index contributed by atoms with van der Waals surface area (Å²) in [4.78, 5) is 9.66. The Kier molecular flexibility index (Phi) is 2.90. The molecule has 0 bridgehead atoms. The van der Waals surface area contributed by atoms with E-state index in [0.717, 1.165) is 0 Å². The molecule has 0 atom stereocenters. The molecule has 66 valence electrons. The molecule has 0 aromatic rings. The van der Waals surface area contributed by atoms with Crippen molar-refractivity contribution in [1.29, 1.82) is 0 Å². The first kappa shape index (κ1) is 9.01. The number of hydrogen-bond acceptors (Lipinski definition) is 2. The van der Waals surface area contributed by atoms with Crippen molar-refractivity contribution in [2.75, 3.05) is 7.11 Å². The minimum atomic E-state index is 0.361. The molecular formula is C9H18O2. The minimum absolute atomic E-state index is 0.361. The Morgan fingerprint density at radius 2 is 1.82 bits per heavy atom. The van der Waals surface area contributed by atoms with Crippen LogP contribution in [0.25, 0.3) is 0 Å². The third-order valence-corrected chi connectivity index (χ3v) is 3.05. The van der Waals surface area contributed by atoms with Crippen LogP contribution in [0.2, 0.25) is 0 Å². The van der Waals surface area contributed by atoms with Gasteiger partial charge in [0.25, 0.3) is 0 Å². The normalized spacial score (nSPS) is 23.2. The average Bonchev–Trinajstić information content (AvgIpc) is 1.96. The molecule has 0 unspecified atom stereocenters. The SMILES string of the molecule is CCC1(CC)CC(OOC)C1. The molecule has 0 aromatic carbocycles. The topological polar surface area (TPSA) is 18.5 Å². The van der Waals surface area contributed by atoms with E-state index in [1.165, 1.54) is 25.7 Å². The van der Waals surface area contributed by atoms with E-state index in [4.69, 9.17) is 4.89 Å². The largest absolute Gasteiger partial charge is 0.240 e. The van der Waals surface area contributed by atoms with Gasteiger partial charge >= 0.3 is 0 Å². The molecule has 0 aromatic heterocycles. The van der Waals surface area contributed by atoms with Crippen LogP contribution in [0.5, 0.6) is 0 Å². The van der Waals surface area contributed by atoms with Gasteiger partial charge in [0.15, 0.2) is 0 Å². The minimum Gasteiger partial charge on any atom is -0.240 e. The Bertz CT molecular complexity index is 111. The fourth-order valence-corrected chi connectivity index (χ4v) is 1.94. The highest BCUT2D eigenvalue weighted by Gasteiger charge is 2.42. The van der Waals surface area contributed by atoms with E-state index in [-0.39, 0.29) is 0 Å². The van der Waals surface area contributed by atoms with Gasteiger partial charge in [0, 0.05) is 0 Å². The molecular weight excluding hydrogens is 140 g/mol. The molecule has 0 radical (unpaired) electrons. The van der Waals surface area contributed by atoms with Crippen molar-refractivity contribution in [3.05, 3.63) is 0 Å². The zero-order chi connectivity index (χ0) is 8.32. The van der Waals surface area contributed by atoms with Gasteiger partial charge in [-0.3, -0.25) is 0 Å². The second-order valence-corrected chi connectivity index (χ2v) is 3.50. The highest BCUT2D eigenvalue weighted by molar-refractivity contribution is 4.92. The van der Waals surface area contributed by atoms with Crippen molar-refractivity contribution in [2.24, 2.45) is 5.41 Å². The van der Waals surface area contributed by atoms with E-state index in [1.54, 1.807) is 7.11 Å². The van der Waals surface area contributed by atoms with Crippen molar-refractivity contribution in [3.8, 4) is 0 Å². The van der Waals surface area contributed by atoms with Crippen molar-refractivity contribution < 1.29 is 9.78 Å². The first-order valence-corrected chi connectivity index (χ1v) is 4.46. The Labute approximate surface area is 68.8 Å². The molecule has 0 spiro atoms. The average molecular weight is 158 g/mol. The third kappa shape index (κ3) is 1.74. The molecule has 0 aliphatic heterocycles. The molecule has 1 aliphatic carbocycles. The molecule has 1 saturated carbocycles. The van der Waals surface area contributed by atoms with E-state index < -0.39 is 0 Å². The Morgan fingerprint density at radius 1 is 1.27 bits per heavy atom. The first-order valence-electron chi connectivity index (χ1n) is 4.46. The number of rotatable bonds is 4. The second-order valence-electron chi connectivity index (χ2n) is 3.50. The van der Waals surface area contributed by atoms with Gasteiger partial charge in [0.1, 0.15) is 0 Å². The zero-order valence-corrected chi connectivity index (χ0v) is 7.72. The fraction of sp³-hybridized carbons (Fsp3) is 1.00. The van der Waals surface area contributed by atoms with Crippen LogP contribution < -0.4 is 0 Å². The predicted octanol–water partition coefficient (Wildman–Crippen LogP) is 2.53. The van der Waals surface area contributed by atoms with Gasteiger partial charge in [-0.1, -0.05) is 26.7 Å². The van der Waals surface area contributed by atoms with Gasteiger partial charge in [-0.2, -0.15) is 0 Å². The molecule has 1 rings (SSSR count). The van der Waals surface area contributed by atoms with Gasteiger partial charge in [-0.25, -0.2) is 9.78 Å². The molecule has 1 aliphatic rings. The summed E-state index contributed by atoms with van der Waals surface area (Å²) < 4.78 is 0. The van der Waals surface area contributed by atoms with Gasteiger partial charge in [-0.05, 0) is 18.3 Å². The van der Waals surface area contributed by atoms with Gasteiger partial charge < -0.3 is 0 Å². The van der Waals surface area contributed by atoms with Crippen LogP contribution in [-0.4, -0.2) is 13.2 Å².